The lowest BCUT2D eigenvalue weighted by Gasteiger charge is -2.27. The Balaban J connectivity index is 0.00000324. The van der Waals surface area contributed by atoms with Crippen molar-refractivity contribution in [3.05, 3.63) is 76.2 Å². The molecular formula is C25H27ClN2O4S2. The predicted octanol–water partition coefficient (Wildman–Crippen LogP) is 5.25. The Morgan fingerprint density at radius 1 is 1.09 bits per heavy atom. The van der Waals surface area contributed by atoms with E-state index in [0.29, 0.717) is 10.6 Å². The fourth-order valence-electron chi connectivity index (χ4n) is 3.82. The number of hydrogen-bond donors (Lipinski definition) is 1. The summed E-state index contributed by atoms with van der Waals surface area (Å²) >= 11 is 2.91. The van der Waals surface area contributed by atoms with Gasteiger partial charge in [-0.15, -0.1) is 35.5 Å². The molecule has 0 bridgehead atoms. The van der Waals surface area contributed by atoms with E-state index in [-0.39, 0.29) is 24.1 Å². The number of nitrogens with one attached hydrogen (secondary N) is 1. The molecule has 0 atom stereocenters. The molecule has 0 unspecified atom stereocenters. The Bertz CT molecular complexity index is 1120. The highest BCUT2D eigenvalue weighted by molar-refractivity contribution is 8.00. The Labute approximate surface area is 214 Å². The maximum absolute atomic E-state index is 12.7. The third-order valence-corrected chi connectivity index (χ3v) is 7.60. The van der Waals surface area contributed by atoms with Crippen LogP contribution in [0.2, 0.25) is 0 Å². The quantitative estimate of drug-likeness (QED) is 0.324. The van der Waals surface area contributed by atoms with Crippen molar-refractivity contribution in [1.29, 1.82) is 0 Å². The van der Waals surface area contributed by atoms with E-state index >= 15 is 0 Å². The maximum atomic E-state index is 12.7. The number of ether oxygens (including phenoxy) is 2. The summed E-state index contributed by atoms with van der Waals surface area (Å²) in [6.45, 7) is 2.45. The predicted molar refractivity (Wildman–Crippen MR) is 140 cm³/mol. The van der Waals surface area contributed by atoms with Crippen molar-refractivity contribution in [2.45, 2.75) is 24.4 Å². The lowest BCUT2D eigenvalue weighted by Crippen LogP contribution is -2.29. The Morgan fingerprint density at radius 3 is 2.50 bits per heavy atom. The number of rotatable bonds is 8. The highest BCUT2D eigenvalue weighted by Gasteiger charge is 2.29. The number of halogens is 1. The van der Waals surface area contributed by atoms with E-state index in [1.165, 1.54) is 35.8 Å². The summed E-state index contributed by atoms with van der Waals surface area (Å²) in [4.78, 5) is 29.7. The van der Waals surface area contributed by atoms with E-state index in [4.69, 9.17) is 9.47 Å². The molecule has 2 heterocycles. The molecule has 4 rings (SSSR count). The number of esters is 1. The van der Waals surface area contributed by atoms with E-state index < -0.39 is 5.97 Å². The van der Waals surface area contributed by atoms with Gasteiger partial charge in [-0.05, 0) is 41.8 Å². The number of hydrogen-bond acceptors (Lipinski definition) is 7. The van der Waals surface area contributed by atoms with Crippen LogP contribution in [0.5, 0.6) is 5.75 Å². The third kappa shape index (κ3) is 6.33. The zero-order valence-corrected chi connectivity index (χ0v) is 21.5. The Morgan fingerprint density at radius 2 is 1.82 bits per heavy atom. The van der Waals surface area contributed by atoms with Crippen molar-refractivity contribution >= 4 is 52.4 Å². The van der Waals surface area contributed by atoms with E-state index in [9.17, 15) is 9.59 Å². The van der Waals surface area contributed by atoms with Crippen LogP contribution in [0.15, 0.2) is 59.5 Å². The minimum atomic E-state index is -0.401. The second-order valence-corrected chi connectivity index (χ2v) is 9.81. The molecule has 0 aliphatic carbocycles. The maximum Gasteiger partial charge on any atom is 0.341 e. The molecule has 34 heavy (non-hydrogen) atoms. The molecule has 0 radical (unpaired) electrons. The van der Waals surface area contributed by atoms with Gasteiger partial charge in [0.2, 0.25) is 5.91 Å². The first-order chi connectivity index (χ1) is 16.1. The van der Waals surface area contributed by atoms with Crippen LogP contribution in [0.3, 0.4) is 0 Å². The van der Waals surface area contributed by atoms with E-state index in [2.05, 4.69) is 22.3 Å². The molecule has 9 heteroatoms. The number of amides is 1. The minimum absolute atomic E-state index is 0. The molecule has 2 aromatic carbocycles. The van der Waals surface area contributed by atoms with Crippen molar-refractivity contribution in [3.8, 4) is 5.75 Å². The van der Waals surface area contributed by atoms with E-state index in [0.717, 1.165) is 47.1 Å². The van der Waals surface area contributed by atoms with Crippen molar-refractivity contribution in [2.75, 3.05) is 31.8 Å². The molecular weight excluding hydrogens is 492 g/mol. The SMILES string of the molecule is COC(=O)c1c(NC(=O)CSc2ccc(OC)cc2)sc2c1CCN(Cc1ccccc1)C2.Cl. The van der Waals surface area contributed by atoms with Crippen LogP contribution in [-0.4, -0.2) is 43.3 Å². The van der Waals surface area contributed by atoms with Crippen LogP contribution in [-0.2, 0) is 29.0 Å². The van der Waals surface area contributed by atoms with Gasteiger partial charge in [-0.25, -0.2) is 4.79 Å². The van der Waals surface area contributed by atoms with Crippen LogP contribution in [0, 0.1) is 0 Å². The molecule has 180 valence electrons. The van der Waals surface area contributed by atoms with Crippen molar-refractivity contribution in [1.82, 2.24) is 4.90 Å². The van der Waals surface area contributed by atoms with Crippen LogP contribution in [0.25, 0.3) is 0 Å². The number of methoxy groups -OCH3 is 2. The highest BCUT2D eigenvalue weighted by Crippen LogP contribution is 2.38. The molecule has 1 aromatic heterocycles. The van der Waals surface area contributed by atoms with Gasteiger partial charge in [-0.1, -0.05) is 30.3 Å². The zero-order valence-electron chi connectivity index (χ0n) is 19.0. The molecule has 1 N–H and O–H groups in total. The third-order valence-electron chi connectivity index (χ3n) is 5.46. The average Bonchev–Trinajstić information content (AvgIpc) is 3.20. The molecule has 1 amide bonds. The van der Waals surface area contributed by atoms with Crippen LogP contribution >= 0.6 is 35.5 Å². The summed E-state index contributed by atoms with van der Waals surface area (Å²) in [5, 5.41) is 3.53. The minimum Gasteiger partial charge on any atom is -0.497 e. The fourth-order valence-corrected chi connectivity index (χ4v) is 5.82. The number of nitrogens with zero attached hydrogens (tertiary/aromatic N) is 1. The number of fused-ring (bicyclic) bond motifs is 1. The molecule has 1 aliphatic heterocycles. The lowest BCUT2D eigenvalue weighted by molar-refractivity contribution is -0.113. The van der Waals surface area contributed by atoms with Gasteiger partial charge in [0, 0.05) is 29.4 Å². The molecule has 1 aliphatic rings. The van der Waals surface area contributed by atoms with Gasteiger partial charge >= 0.3 is 5.97 Å². The number of anilines is 1. The molecule has 3 aromatic rings. The monoisotopic (exact) mass is 518 g/mol. The topological polar surface area (TPSA) is 67.9 Å². The van der Waals surface area contributed by atoms with Gasteiger partial charge in [-0.3, -0.25) is 9.69 Å². The van der Waals surface area contributed by atoms with Crippen molar-refractivity contribution in [3.63, 3.8) is 0 Å². The summed E-state index contributed by atoms with van der Waals surface area (Å²) in [5.41, 5.74) is 2.75. The van der Waals surface area contributed by atoms with Crippen LogP contribution < -0.4 is 10.1 Å². The summed E-state index contributed by atoms with van der Waals surface area (Å²) < 4.78 is 10.2. The molecule has 6 nitrogen and oxygen atoms in total. The Kier molecular flexibility index (Phi) is 9.41. The van der Waals surface area contributed by atoms with Crippen molar-refractivity contribution < 1.29 is 19.1 Å². The van der Waals surface area contributed by atoms with E-state index in [1.807, 2.05) is 42.5 Å². The second-order valence-electron chi connectivity index (χ2n) is 7.66. The van der Waals surface area contributed by atoms with Crippen LogP contribution in [0.4, 0.5) is 5.00 Å². The summed E-state index contributed by atoms with van der Waals surface area (Å²) in [6.07, 6.45) is 0.750. The first-order valence-corrected chi connectivity index (χ1v) is 12.4. The normalized spacial score (nSPS) is 12.9. The molecule has 0 saturated carbocycles. The molecule has 0 fully saturated rings. The molecule has 0 saturated heterocycles. The summed E-state index contributed by atoms with van der Waals surface area (Å²) in [7, 11) is 3.00. The van der Waals surface area contributed by atoms with E-state index in [1.54, 1.807) is 7.11 Å². The summed E-state index contributed by atoms with van der Waals surface area (Å²) in [5.74, 6) is 0.468. The standard InChI is InChI=1S/C25H26N2O4S2.ClH/c1-30-18-8-10-19(11-9-18)32-16-22(28)26-24-23(25(29)31-2)20-12-13-27(15-21(20)33-24)14-17-6-4-3-5-7-17;/h3-11H,12-16H2,1-2H3,(H,26,28);1H. The zero-order chi connectivity index (χ0) is 23.2. The Hall–Kier alpha value is -2.52. The number of thioether (sulfide) groups is 1. The largest absolute Gasteiger partial charge is 0.497 e. The second kappa shape index (κ2) is 12.3. The van der Waals surface area contributed by atoms with Gasteiger partial charge in [-0.2, -0.15) is 0 Å². The fraction of sp³-hybridized carbons (Fsp3) is 0.280. The molecule has 0 spiro atoms. The number of benzene rings is 2. The summed E-state index contributed by atoms with van der Waals surface area (Å²) in [6, 6.07) is 17.9. The van der Waals surface area contributed by atoms with Crippen molar-refractivity contribution in [2.24, 2.45) is 0 Å². The van der Waals surface area contributed by atoms with Gasteiger partial charge < -0.3 is 14.8 Å². The van der Waals surface area contributed by atoms with Gasteiger partial charge in [0.1, 0.15) is 10.8 Å². The number of carbonyl (C=O) groups excluding carboxylic acids is 2. The number of carbonyl (C=O) groups is 2. The first-order valence-electron chi connectivity index (χ1n) is 10.6. The highest BCUT2D eigenvalue weighted by atomic mass is 35.5. The smallest absolute Gasteiger partial charge is 0.341 e. The van der Waals surface area contributed by atoms with Gasteiger partial charge in [0.15, 0.2) is 0 Å². The first kappa shape index (κ1) is 26.1. The van der Waals surface area contributed by atoms with Gasteiger partial charge in [0.25, 0.3) is 0 Å². The number of thiophene rings is 1. The average molecular weight is 519 g/mol. The van der Waals surface area contributed by atoms with Gasteiger partial charge in [0.05, 0.1) is 25.5 Å². The lowest BCUT2D eigenvalue weighted by atomic mass is 10.0. The van der Waals surface area contributed by atoms with Crippen LogP contribution in [0.1, 0.15) is 26.4 Å².